The number of nitrogens with zero attached hydrogens (tertiary/aromatic N) is 2. The van der Waals surface area contributed by atoms with Crippen LogP contribution in [0.15, 0.2) is 64.1 Å². The van der Waals surface area contributed by atoms with Crippen molar-refractivity contribution in [2.45, 2.75) is 33.0 Å². The Morgan fingerprint density at radius 2 is 2.18 bits per heavy atom. The molecule has 0 fully saturated rings. The highest BCUT2D eigenvalue weighted by Gasteiger charge is 2.14. The van der Waals surface area contributed by atoms with Crippen LogP contribution in [0, 0.1) is 0 Å². The topological polar surface area (TPSA) is 69.3 Å². The monoisotopic (exact) mass is 443 g/mol. The minimum absolute atomic E-state index is 0.246. The summed E-state index contributed by atoms with van der Waals surface area (Å²) in [6, 6.07) is 11.2. The molecule has 1 amide bonds. The molecule has 0 aliphatic heterocycles. The molecule has 6 nitrogen and oxygen atoms in total. The Balaban J connectivity index is 1.58. The van der Waals surface area contributed by atoms with E-state index in [0.29, 0.717) is 12.3 Å². The van der Waals surface area contributed by atoms with Gasteiger partial charge in [0.2, 0.25) is 0 Å². The van der Waals surface area contributed by atoms with Crippen LogP contribution in [0.1, 0.15) is 34.5 Å². The average molecular weight is 444 g/mol. The molecule has 0 aliphatic carbocycles. The maximum atomic E-state index is 12.4. The molecule has 2 heterocycles. The van der Waals surface area contributed by atoms with Gasteiger partial charge < -0.3 is 14.5 Å². The van der Waals surface area contributed by atoms with Crippen LogP contribution in [0.5, 0.6) is 5.75 Å². The molecule has 7 heteroatoms. The number of carbonyl (C=O) groups is 1. The summed E-state index contributed by atoms with van der Waals surface area (Å²) in [5.41, 5.74) is 1.96. The second-order valence-electron chi connectivity index (χ2n) is 6.09. The highest BCUT2D eigenvalue weighted by molar-refractivity contribution is 9.10. The van der Waals surface area contributed by atoms with E-state index in [4.69, 9.17) is 9.15 Å². The number of carbonyl (C=O) groups excluding carboxylic acids is 1. The fraction of sp³-hybridized carbons (Fsp3) is 0.238. The van der Waals surface area contributed by atoms with Gasteiger partial charge in [0.05, 0.1) is 22.9 Å². The zero-order valence-corrected chi connectivity index (χ0v) is 17.2. The summed E-state index contributed by atoms with van der Waals surface area (Å²) < 4.78 is 14.2. The van der Waals surface area contributed by atoms with Gasteiger partial charge in [-0.05, 0) is 53.0 Å². The number of nitrogens with one attached hydrogen (secondary N) is 1. The molecule has 1 N–H and O–H groups in total. The molecule has 28 heavy (non-hydrogen) atoms. The van der Waals surface area contributed by atoms with Crippen LogP contribution in [-0.2, 0) is 26.1 Å². The zero-order chi connectivity index (χ0) is 19.9. The van der Waals surface area contributed by atoms with E-state index in [-0.39, 0.29) is 18.3 Å². The number of amides is 1. The smallest absolute Gasteiger partial charge is 0.287 e. The Bertz CT molecular complexity index is 961. The van der Waals surface area contributed by atoms with Crippen molar-refractivity contribution in [1.29, 1.82) is 0 Å². The van der Waals surface area contributed by atoms with E-state index in [9.17, 15) is 4.79 Å². The van der Waals surface area contributed by atoms with Gasteiger partial charge in [0.25, 0.3) is 5.91 Å². The Morgan fingerprint density at radius 1 is 1.36 bits per heavy atom. The van der Waals surface area contributed by atoms with Crippen molar-refractivity contribution < 1.29 is 13.9 Å². The largest absolute Gasteiger partial charge is 0.485 e. The van der Waals surface area contributed by atoms with Gasteiger partial charge in [0, 0.05) is 6.54 Å². The van der Waals surface area contributed by atoms with Gasteiger partial charge in [-0.25, -0.2) is 0 Å². The summed E-state index contributed by atoms with van der Waals surface area (Å²) in [6.45, 7) is 7.09. The lowest BCUT2D eigenvalue weighted by Crippen LogP contribution is -2.24. The molecule has 0 atom stereocenters. The highest BCUT2D eigenvalue weighted by atomic mass is 79.9. The maximum Gasteiger partial charge on any atom is 0.287 e. The first-order chi connectivity index (χ1) is 13.6. The number of benzene rings is 1. The van der Waals surface area contributed by atoms with E-state index in [1.165, 1.54) is 0 Å². The summed E-state index contributed by atoms with van der Waals surface area (Å²) in [7, 11) is 0. The predicted octanol–water partition coefficient (Wildman–Crippen LogP) is 4.50. The van der Waals surface area contributed by atoms with Crippen LogP contribution in [-0.4, -0.2) is 15.7 Å². The quantitative estimate of drug-likeness (QED) is 0.494. The van der Waals surface area contributed by atoms with Crippen molar-refractivity contribution in [1.82, 2.24) is 15.1 Å². The molecule has 0 unspecified atom stereocenters. The van der Waals surface area contributed by atoms with Crippen LogP contribution < -0.4 is 10.1 Å². The maximum absolute atomic E-state index is 12.4. The fourth-order valence-corrected chi connectivity index (χ4v) is 3.22. The summed E-state index contributed by atoms with van der Waals surface area (Å²) in [6.07, 6.45) is 4.28. The van der Waals surface area contributed by atoms with Crippen molar-refractivity contribution in [3.05, 3.63) is 82.5 Å². The number of hydrogen-bond donors (Lipinski definition) is 1. The fourth-order valence-electron chi connectivity index (χ4n) is 2.78. The number of aromatic nitrogens is 2. The van der Waals surface area contributed by atoms with Crippen molar-refractivity contribution in [3.63, 3.8) is 0 Å². The Kier molecular flexibility index (Phi) is 6.71. The second-order valence-corrected chi connectivity index (χ2v) is 6.95. The Hall–Kier alpha value is -2.80. The second kappa shape index (κ2) is 9.41. The lowest BCUT2D eigenvalue weighted by Gasteiger charge is -2.09. The van der Waals surface area contributed by atoms with E-state index >= 15 is 0 Å². The summed E-state index contributed by atoms with van der Waals surface area (Å²) >= 11 is 3.45. The highest BCUT2D eigenvalue weighted by Crippen LogP contribution is 2.21. The Morgan fingerprint density at radius 3 is 2.96 bits per heavy atom. The number of aryl methyl sites for hydroxylation is 1. The van der Waals surface area contributed by atoms with Gasteiger partial charge in [-0.2, -0.15) is 5.10 Å². The van der Waals surface area contributed by atoms with Gasteiger partial charge in [-0.1, -0.05) is 24.3 Å². The van der Waals surface area contributed by atoms with Gasteiger partial charge in [-0.15, -0.1) is 6.58 Å². The molecule has 0 aliphatic rings. The first-order valence-electron chi connectivity index (χ1n) is 9.01. The zero-order valence-electron chi connectivity index (χ0n) is 15.7. The van der Waals surface area contributed by atoms with Crippen LogP contribution in [0.4, 0.5) is 0 Å². The predicted molar refractivity (Wildman–Crippen MR) is 110 cm³/mol. The molecule has 0 bridgehead atoms. The molecule has 0 saturated carbocycles. The molecule has 146 valence electrons. The van der Waals surface area contributed by atoms with Crippen LogP contribution in [0.25, 0.3) is 0 Å². The van der Waals surface area contributed by atoms with E-state index in [0.717, 1.165) is 34.4 Å². The van der Waals surface area contributed by atoms with Crippen LogP contribution >= 0.6 is 15.9 Å². The molecule has 2 aromatic heterocycles. The minimum atomic E-state index is -0.283. The van der Waals surface area contributed by atoms with E-state index in [2.05, 4.69) is 32.9 Å². The van der Waals surface area contributed by atoms with Crippen molar-refractivity contribution in [2.75, 3.05) is 0 Å². The number of para-hydroxylation sites is 1. The number of hydrogen-bond acceptors (Lipinski definition) is 4. The SMILES string of the molecule is C=CCc1ccccc1OCc1ccc(C(=O)NCc2c(Br)cnn2CC)o1. The third-order valence-corrected chi connectivity index (χ3v) is 4.87. The van der Waals surface area contributed by atoms with Crippen molar-refractivity contribution >= 4 is 21.8 Å². The van der Waals surface area contributed by atoms with Gasteiger partial charge >= 0.3 is 0 Å². The number of rotatable bonds is 9. The third-order valence-electron chi connectivity index (χ3n) is 4.21. The number of allylic oxidation sites excluding steroid dienone is 1. The first kappa shape index (κ1) is 19.9. The number of halogens is 1. The molecule has 3 rings (SSSR count). The minimum Gasteiger partial charge on any atom is -0.485 e. The number of furan rings is 1. The van der Waals surface area contributed by atoms with E-state index in [1.807, 2.05) is 41.9 Å². The molecule has 0 spiro atoms. The molecule has 1 aromatic carbocycles. The van der Waals surface area contributed by atoms with Crippen LogP contribution in [0.3, 0.4) is 0 Å². The molecular weight excluding hydrogens is 422 g/mol. The summed E-state index contributed by atoms with van der Waals surface area (Å²) in [4.78, 5) is 12.4. The summed E-state index contributed by atoms with van der Waals surface area (Å²) in [5, 5.41) is 7.09. The van der Waals surface area contributed by atoms with Crippen molar-refractivity contribution in [2.24, 2.45) is 0 Å². The lowest BCUT2D eigenvalue weighted by atomic mass is 10.1. The molecule has 0 saturated heterocycles. The third kappa shape index (κ3) is 4.72. The van der Waals surface area contributed by atoms with Crippen molar-refractivity contribution in [3.8, 4) is 5.75 Å². The molecule has 0 radical (unpaired) electrons. The first-order valence-corrected chi connectivity index (χ1v) is 9.80. The standard InChI is InChI=1S/C21H22BrN3O3/c1-3-7-15-8-5-6-9-19(15)27-14-16-10-11-20(28-16)21(26)23-13-18-17(22)12-24-25(18)4-2/h3,5-6,8-12H,1,4,7,13-14H2,2H3,(H,23,26). The lowest BCUT2D eigenvalue weighted by molar-refractivity contribution is 0.0918. The molecule has 3 aromatic rings. The molecular formula is C21H22BrN3O3. The van der Waals surface area contributed by atoms with Gasteiger partial charge in [-0.3, -0.25) is 9.48 Å². The number of ether oxygens (including phenoxy) is 1. The average Bonchev–Trinajstić information content (AvgIpc) is 3.32. The normalized spacial score (nSPS) is 10.6. The van der Waals surface area contributed by atoms with Crippen LogP contribution in [0.2, 0.25) is 0 Å². The van der Waals surface area contributed by atoms with E-state index in [1.54, 1.807) is 18.3 Å². The van der Waals surface area contributed by atoms with Gasteiger partial charge in [0.15, 0.2) is 5.76 Å². The van der Waals surface area contributed by atoms with E-state index < -0.39 is 0 Å². The Labute approximate surface area is 172 Å². The van der Waals surface area contributed by atoms with Gasteiger partial charge in [0.1, 0.15) is 18.1 Å². The summed E-state index contributed by atoms with van der Waals surface area (Å²) in [5.74, 6) is 1.33.